The van der Waals surface area contributed by atoms with E-state index in [2.05, 4.69) is 0 Å². The monoisotopic (exact) mass is 278 g/mol. The Morgan fingerprint density at radius 2 is 1.74 bits per heavy atom. The van der Waals surface area contributed by atoms with Crippen LogP contribution in [0.1, 0.15) is 17.2 Å². The highest BCUT2D eigenvalue weighted by Crippen LogP contribution is 2.35. The first kappa shape index (κ1) is 13.7. The highest BCUT2D eigenvalue weighted by molar-refractivity contribution is 6.31. The van der Waals surface area contributed by atoms with Gasteiger partial charge in [-0.05, 0) is 18.2 Å². The number of ether oxygens (including phenoxy) is 2. The van der Waals surface area contributed by atoms with Crippen molar-refractivity contribution in [1.29, 1.82) is 0 Å². The fraction of sp³-hybridized carbons (Fsp3) is 0.200. The molecule has 0 radical (unpaired) electrons. The normalized spacial score (nSPS) is 12.0. The lowest BCUT2D eigenvalue weighted by Gasteiger charge is -2.17. The maximum absolute atomic E-state index is 10.4. The second kappa shape index (κ2) is 5.95. The van der Waals surface area contributed by atoms with E-state index in [0.29, 0.717) is 27.6 Å². The summed E-state index contributed by atoms with van der Waals surface area (Å²) >= 11 is 6.10. The van der Waals surface area contributed by atoms with Gasteiger partial charge in [0.25, 0.3) is 0 Å². The fourth-order valence-corrected chi connectivity index (χ4v) is 2.15. The number of hydrogen-bond acceptors (Lipinski definition) is 3. The summed E-state index contributed by atoms with van der Waals surface area (Å²) in [5.74, 6) is 1.23. The van der Waals surface area contributed by atoms with Crippen molar-refractivity contribution in [2.24, 2.45) is 0 Å². The van der Waals surface area contributed by atoms with Gasteiger partial charge in [-0.2, -0.15) is 0 Å². The summed E-state index contributed by atoms with van der Waals surface area (Å²) in [5, 5.41) is 11.0. The van der Waals surface area contributed by atoms with Crippen LogP contribution in [0.3, 0.4) is 0 Å². The predicted octanol–water partition coefficient (Wildman–Crippen LogP) is 3.44. The Morgan fingerprint density at radius 3 is 2.37 bits per heavy atom. The van der Waals surface area contributed by atoms with E-state index >= 15 is 0 Å². The maximum atomic E-state index is 10.4. The Kier molecular flexibility index (Phi) is 4.30. The molecule has 0 heterocycles. The van der Waals surface area contributed by atoms with E-state index in [1.807, 2.05) is 12.1 Å². The molecule has 0 saturated heterocycles. The zero-order valence-corrected chi connectivity index (χ0v) is 11.5. The first-order valence-electron chi connectivity index (χ1n) is 5.81. The van der Waals surface area contributed by atoms with Crippen molar-refractivity contribution in [2.45, 2.75) is 6.10 Å². The molecule has 1 atom stereocenters. The molecular weight excluding hydrogens is 264 g/mol. The van der Waals surface area contributed by atoms with Crippen LogP contribution in [0, 0.1) is 0 Å². The Balaban J connectivity index is 2.44. The smallest absolute Gasteiger partial charge is 0.128 e. The third kappa shape index (κ3) is 2.83. The molecule has 4 heteroatoms. The lowest BCUT2D eigenvalue weighted by atomic mass is 10.0. The van der Waals surface area contributed by atoms with Crippen LogP contribution in [0.4, 0.5) is 0 Å². The minimum absolute atomic E-state index is 0.521. The number of hydrogen-bond donors (Lipinski definition) is 1. The van der Waals surface area contributed by atoms with Gasteiger partial charge in [0.1, 0.15) is 17.6 Å². The molecule has 0 aliphatic carbocycles. The van der Waals surface area contributed by atoms with E-state index in [1.54, 1.807) is 44.6 Å². The molecule has 3 nitrogen and oxygen atoms in total. The van der Waals surface area contributed by atoms with Gasteiger partial charge in [0.15, 0.2) is 0 Å². The van der Waals surface area contributed by atoms with Crippen molar-refractivity contribution in [2.75, 3.05) is 14.2 Å². The SMILES string of the molecule is COc1ccc([C@@H](O)c2ccccc2Cl)c(OC)c1. The molecule has 100 valence electrons. The Labute approximate surface area is 117 Å². The average molecular weight is 279 g/mol. The molecule has 0 aromatic heterocycles. The van der Waals surface area contributed by atoms with Crippen LogP contribution in [-0.4, -0.2) is 19.3 Å². The van der Waals surface area contributed by atoms with E-state index in [0.717, 1.165) is 0 Å². The van der Waals surface area contributed by atoms with Crippen LogP contribution >= 0.6 is 11.6 Å². The average Bonchev–Trinajstić information content (AvgIpc) is 2.46. The van der Waals surface area contributed by atoms with Crippen molar-refractivity contribution in [3.8, 4) is 11.5 Å². The van der Waals surface area contributed by atoms with Crippen molar-refractivity contribution < 1.29 is 14.6 Å². The Bertz CT molecular complexity index is 569. The van der Waals surface area contributed by atoms with Crippen LogP contribution in [-0.2, 0) is 0 Å². The Hall–Kier alpha value is -1.71. The summed E-state index contributed by atoms with van der Waals surface area (Å²) in [6, 6.07) is 12.5. The molecule has 2 rings (SSSR count). The molecule has 0 fully saturated rings. The van der Waals surface area contributed by atoms with E-state index in [-0.39, 0.29) is 0 Å². The van der Waals surface area contributed by atoms with Gasteiger partial charge in [-0.1, -0.05) is 29.8 Å². The van der Waals surface area contributed by atoms with Gasteiger partial charge in [0, 0.05) is 22.2 Å². The molecule has 2 aromatic carbocycles. The third-order valence-electron chi connectivity index (χ3n) is 2.94. The van der Waals surface area contributed by atoms with Gasteiger partial charge in [-0.25, -0.2) is 0 Å². The maximum Gasteiger partial charge on any atom is 0.128 e. The number of rotatable bonds is 4. The molecule has 2 aromatic rings. The first-order valence-corrected chi connectivity index (χ1v) is 6.19. The lowest BCUT2D eigenvalue weighted by molar-refractivity contribution is 0.214. The predicted molar refractivity (Wildman–Crippen MR) is 75.1 cm³/mol. The van der Waals surface area contributed by atoms with Crippen LogP contribution in [0.15, 0.2) is 42.5 Å². The molecule has 0 aliphatic rings. The van der Waals surface area contributed by atoms with Crippen molar-refractivity contribution in [3.05, 3.63) is 58.6 Å². The quantitative estimate of drug-likeness (QED) is 0.931. The number of aliphatic hydroxyl groups excluding tert-OH is 1. The molecular formula is C15H15ClO3. The van der Waals surface area contributed by atoms with E-state index in [9.17, 15) is 5.11 Å². The van der Waals surface area contributed by atoms with E-state index < -0.39 is 6.10 Å². The van der Waals surface area contributed by atoms with Crippen molar-refractivity contribution in [3.63, 3.8) is 0 Å². The summed E-state index contributed by atoms with van der Waals surface area (Å²) in [6.07, 6.45) is -0.838. The topological polar surface area (TPSA) is 38.7 Å². The summed E-state index contributed by atoms with van der Waals surface area (Å²) < 4.78 is 10.4. The fourth-order valence-electron chi connectivity index (χ4n) is 1.91. The zero-order valence-electron chi connectivity index (χ0n) is 10.8. The largest absolute Gasteiger partial charge is 0.497 e. The summed E-state index contributed by atoms with van der Waals surface area (Å²) in [6.45, 7) is 0. The highest BCUT2D eigenvalue weighted by Gasteiger charge is 2.18. The molecule has 0 spiro atoms. The standard InChI is InChI=1S/C15H15ClO3/c1-18-10-7-8-12(14(9-10)19-2)15(17)11-5-3-4-6-13(11)16/h3-9,15,17H,1-2H3/t15-/m0/s1. The molecule has 0 amide bonds. The van der Waals surface area contributed by atoms with E-state index in [4.69, 9.17) is 21.1 Å². The van der Waals surface area contributed by atoms with Gasteiger partial charge < -0.3 is 14.6 Å². The van der Waals surface area contributed by atoms with Crippen molar-refractivity contribution >= 4 is 11.6 Å². The molecule has 0 bridgehead atoms. The number of halogens is 1. The van der Waals surface area contributed by atoms with Crippen LogP contribution in [0.25, 0.3) is 0 Å². The Morgan fingerprint density at radius 1 is 1.00 bits per heavy atom. The second-order valence-electron chi connectivity index (χ2n) is 4.03. The first-order chi connectivity index (χ1) is 9.17. The van der Waals surface area contributed by atoms with Gasteiger partial charge in [-0.3, -0.25) is 0 Å². The number of methoxy groups -OCH3 is 2. The number of benzene rings is 2. The minimum Gasteiger partial charge on any atom is -0.497 e. The molecule has 0 saturated carbocycles. The van der Waals surface area contributed by atoms with Gasteiger partial charge >= 0.3 is 0 Å². The summed E-state index contributed by atoms with van der Waals surface area (Å²) in [4.78, 5) is 0. The zero-order chi connectivity index (χ0) is 13.8. The van der Waals surface area contributed by atoms with Crippen molar-refractivity contribution in [1.82, 2.24) is 0 Å². The van der Waals surface area contributed by atoms with E-state index in [1.165, 1.54) is 0 Å². The lowest BCUT2D eigenvalue weighted by Crippen LogP contribution is -2.03. The van der Waals surface area contributed by atoms with Crippen LogP contribution < -0.4 is 9.47 Å². The highest BCUT2D eigenvalue weighted by atomic mass is 35.5. The third-order valence-corrected chi connectivity index (χ3v) is 3.28. The van der Waals surface area contributed by atoms with Gasteiger partial charge in [0.2, 0.25) is 0 Å². The molecule has 19 heavy (non-hydrogen) atoms. The van der Waals surface area contributed by atoms with Gasteiger partial charge in [-0.15, -0.1) is 0 Å². The number of aliphatic hydroxyl groups is 1. The summed E-state index contributed by atoms with van der Waals surface area (Å²) in [7, 11) is 3.14. The van der Waals surface area contributed by atoms with Crippen LogP contribution in [0.2, 0.25) is 5.02 Å². The minimum atomic E-state index is -0.838. The molecule has 1 N–H and O–H groups in total. The molecule has 0 unspecified atom stereocenters. The van der Waals surface area contributed by atoms with Crippen LogP contribution in [0.5, 0.6) is 11.5 Å². The summed E-state index contributed by atoms with van der Waals surface area (Å²) in [5.41, 5.74) is 1.30. The van der Waals surface area contributed by atoms with Gasteiger partial charge in [0.05, 0.1) is 14.2 Å². The second-order valence-corrected chi connectivity index (χ2v) is 4.44. The molecule has 0 aliphatic heterocycles.